The first-order valence-corrected chi connectivity index (χ1v) is 6.76. The smallest absolute Gasteiger partial charge is 0.387 e. The molecule has 0 spiro atoms. The van der Waals surface area contributed by atoms with Crippen LogP contribution in [0.1, 0.15) is 12.0 Å². The Bertz CT molecular complexity index is 494. The second-order valence-electron chi connectivity index (χ2n) is 4.90. The third-order valence-corrected chi connectivity index (χ3v) is 3.45. The molecule has 0 unspecified atom stereocenters. The molecule has 0 radical (unpaired) electrons. The molecule has 21 heavy (non-hydrogen) atoms. The zero-order chi connectivity index (χ0) is 15.2. The van der Waals surface area contributed by atoms with Crippen LogP contribution >= 0.6 is 0 Å². The summed E-state index contributed by atoms with van der Waals surface area (Å²) in [6.07, 6.45) is 4.75. The van der Waals surface area contributed by atoms with Gasteiger partial charge in [-0.05, 0) is 12.5 Å². The maximum atomic E-state index is 12.5. The highest BCUT2D eigenvalue weighted by atomic mass is 19.3. The molecule has 1 aromatic rings. The lowest BCUT2D eigenvalue weighted by molar-refractivity contribution is -0.0505. The van der Waals surface area contributed by atoms with E-state index < -0.39 is 6.61 Å². The molecule has 4 nitrogen and oxygen atoms in total. The van der Waals surface area contributed by atoms with E-state index in [-0.39, 0.29) is 24.3 Å². The monoisotopic (exact) mass is 299 g/mol. The molecule has 0 fully saturated rings. The van der Waals surface area contributed by atoms with Crippen LogP contribution in [0, 0.1) is 5.92 Å². The number of hydrogen-bond donors (Lipinski definition) is 2. The summed E-state index contributed by atoms with van der Waals surface area (Å²) in [5.74, 6) is 0.739. The van der Waals surface area contributed by atoms with E-state index in [0.717, 1.165) is 6.42 Å². The molecule has 0 bridgehead atoms. The van der Waals surface area contributed by atoms with Gasteiger partial charge in [-0.25, -0.2) is 0 Å². The summed E-state index contributed by atoms with van der Waals surface area (Å²) in [6, 6.07) is 4.98. The molecule has 1 aliphatic rings. The average molecular weight is 299 g/mol. The second-order valence-corrected chi connectivity index (χ2v) is 4.90. The highest BCUT2D eigenvalue weighted by Gasteiger charge is 2.18. The van der Waals surface area contributed by atoms with E-state index in [4.69, 9.17) is 9.84 Å². The van der Waals surface area contributed by atoms with Crippen molar-refractivity contribution < 1.29 is 23.4 Å². The predicted octanol–water partition coefficient (Wildman–Crippen LogP) is 2.32. The summed E-state index contributed by atoms with van der Waals surface area (Å²) in [5, 5.41) is 12.3. The number of hydrogen-bond acceptors (Lipinski definition) is 4. The largest absolute Gasteiger partial charge is 0.497 e. The predicted molar refractivity (Wildman–Crippen MR) is 74.6 cm³/mol. The van der Waals surface area contributed by atoms with Crippen molar-refractivity contribution >= 4 is 0 Å². The van der Waals surface area contributed by atoms with Crippen molar-refractivity contribution in [2.45, 2.75) is 25.6 Å². The first-order chi connectivity index (χ1) is 10.1. The van der Waals surface area contributed by atoms with Crippen molar-refractivity contribution in [1.82, 2.24) is 5.32 Å². The third-order valence-electron chi connectivity index (χ3n) is 3.45. The van der Waals surface area contributed by atoms with Crippen LogP contribution in [0.3, 0.4) is 0 Å². The highest BCUT2D eigenvalue weighted by molar-refractivity contribution is 5.40. The quantitative estimate of drug-likeness (QED) is 0.759. The van der Waals surface area contributed by atoms with Crippen molar-refractivity contribution in [2.24, 2.45) is 5.92 Å². The maximum absolute atomic E-state index is 12.5. The highest BCUT2D eigenvalue weighted by Crippen LogP contribution is 2.27. The van der Waals surface area contributed by atoms with Crippen LogP contribution in [0.25, 0.3) is 0 Å². The van der Waals surface area contributed by atoms with Crippen LogP contribution in [0.15, 0.2) is 30.4 Å². The van der Waals surface area contributed by atoms with Gasteiger partial charge >= 0.3 is 6.61 Å². The van der Waals surface area contributed by atoms with Crippen LogP contribution in [-0.2, 0) is 6.54 Å². The summed E-state index contributed by atoms with van der Waals surface area (Å²) in [7, 11) is 1.47. The van der Waals surface area contributed by atoms with Gasteiger partial charge in [-0.2, -0.15) is 8.78 Å². The van der Waals surface area contributed by atoms with E-state index in [1.54, 1.807) is 12.1 Å². The average Bonchev–Trinajstić information content (AvgIpc) is 2.93. The molecule has 0 saturated carbocycles. The third kappa shape index (κ3) is 4.41. The molecule has 0 amide bonds. The van der Waals surface area contributed by atoms with Gasteiger partial charge in [0, 0.05) is 36.7 Å². The Labute approximate surface area is 122 Å². The normalized spacial score (nSPS) is 21.0. The number of aliphatic hydroxyl groups is 1. The number of benzene rings is 1. The van der Waals surface area contributed by atoms with Gasteiger partial charge in [-0.1, -0.05) is 18.2 Å². The molecule has 0 aliphatic heterocycles. The SMILES string of the molecule is COc1ccc(CN[C@@H]2C=C[C@H](CO)C2)c(OC(F)F)c1. The van der Waals surface area contributed by atoms with Gasteiger partial charge in [0.05, 0.1) is 7.11 Å². The lowest BCUT2D eigenvalue weighted by atomic mass is 10.1. The molecule has 1 aromatic carbocycles. The van der Waals surface area contributed by atoms with Gasteiger partial charge in [-0.3, -0.25) is 0 Å². The lowest BCUT2D eigenvalue weighted by Crippen LogP contribution is -2.26. The van der Waals surface area contributed by atoms with E-state index >= 15 is 0 Å². The first kappa shape index (κ1) is 15.7. The van der Waals surface area contributed by atoms with Crippen molar-refractivity contribution in [3.63, 3.8) is 0 Å². The molecule has 0 heterocycles. The van der Waals surface area contributed by atoms with E-state index in [0.29, 0.717) is 17.9 Å². The van der Waals surface area contributed by atoms with Crippen molar-refractivity contribution in [1.29, 1.82) is 0 Å². The number of alkyl halides is 2. The van der Waals surface area contributed by atoms with Crippen LogP contribution in [0.5, 0.6) is 11.5 Å². The topological polar surface area (TPSA) is 50.7 Å². The van der Waals surface area contributed by atoms with Gasteiger partial charge in [0.25, 0.3) is 0 Å². The molecular formula is C15H19F2NO3. The minimum Gasteiger partial charge on any atom is -0.497 e. The molecule has 2 N–H and O–H groups in total. The Morgan fingerprint density at radius 1 is 1.38 bits per heavy atom. The van der Waals surface area contributed by atoms with Crippen LogP contribution in [0.4, 0.5) is 8.78 Å². The van der Waals surface area contributed by atoms with Crippen LogP contribution < -0.4 is 14.8 Å². The standard InChI is InChI=1S/C15H19F2NO3/c1-20-13-5-3-11(14(7-13)21-15(16)17)8-18-12-4-2-10(6-12)9-19/h2-5,7,10,12,15,18-19H,6,8-9H2,1H3/t10-,12+/m0/s1. The Kier molecular flexibility index (Phi) is 5.52. The maximum Gasteiger partial charge on any atom is 0.387 e. The number of ether oxygens (including phenoxy) is 2. The molecule has 2 atom stereocenters. The molecule has 0 aromatic heterocycles. The summed E-state index contributed by atoms with van der Waals surface area (Å²) >= 11 is 0. The zero-order valence-corrected chi connectivity index (χ0v) is 11.8. The summed E-state index contributed by atoms with van der Waals surface area (Å²) in [6.45, 7) is -2.35. The molecule has 0 saturated heterocycles. The number of aliphatic hydroxyl groups excluding tert-OH is 1. The van der Waals surface area contributed by atoms with Crippen molar-refractivity contribution in [3.05, 3.63) is 35.9 Å². The Balaban J connectivity index is 2.00. The molecule has 2 rings (SSSR count). The molecule has 1 aliphatic carbocycles. The van der Waals surface area contributed by atoms with Gasteiger partial charge in [0.1, 0.15) is 11.5 Å². The number of rotatable bonds is 7. The minimum atomic E-state index is -2.87. The van der Waals surface area contributed by atoms with Gasteiger partial charge in [-0.15, -0.1) is 0 Å². The van der Waals surface area contributed by atoms with Gasteiger partial charge in [0.15, 0.2) is 0 Å². The second kappa shape index (κ2) is 7.38. The van der Waals surface area contributed by atoms with E-state index in [2.05, 4.69) is 10.1 Å². The summed E-state index contributed by atoms with van der Waals surface area (Å²) in [4.78, 5) is 0. The fourth-order valence-corrected chi connectivity index (χ4v) is 2.32. The molecule has 116 valence electrons. The van der Waals surface area contributed by atoms with Crippen LogP contribution in [0.2, 0.25) is 0 Å². The number of nitrogens with one attached hydrogen (secondary N) is 1. The number of methoxy groups -OCH3 is 1. The first-order valence-electron chi connectivity index (χ1n) is 6.76. The summed E-state index contributed by atoms with van der Waals surface area (Å²) < 4.78 is 34.5. The zero-order valence-electron chi connectivity index (χ0n) is 11.8. The molecule has 6 heteroatoms. The van der Waals surface area contributed by atoms with E-state index in [1.807, 2.05) is 12.2 Å². The fourth-order valence-electron chi connectivity index (χ4n) is 2.32. The van der Waals surface area contributed by atoms with Gasteiger partial charge < -0.3 is 19.9 Å². The minimum absolute atomic E-state index is 0.109. The van der Waals surface area contributed by atoms with Crippen molar-refractivity contribution in [3.8, 4) is 11.5 Å². The van der Waals surface area contributed by atoms with Crippen molar-refractivity contribution in [2.75, 3.05) is 13.7 Å². The summed E-state index contributed by atoms with van der Waals surface area (Å²) in [5.41, 5.74) is 0.636. The Morgan fingerprint density at radius 2 is 2.19 bits per heavy atom. The van der Waals surface area contributed by atoms with E-state index in [1.165, 1.54) is 13.2 Å². The fraction of sp³-hybridized carbons (Fsp3) is 0.467. The lowest BCUT2D eigenvalue weighted by Gasteiger charge is -2.16. The van der Waals surface area contributed by atoms with Gasteiger partial charge in [0.2, 0.25) is 0 Å². The Hall–Kier alpha value is -1.66. The van der Waals surface area contributed by atoms with Crippen LogP contribution in [-0.4, -0.2) is 31.5 Å². The number of halogens is 2. The van der Waals surface area contributed by atoms with E-state index in [9.17, 15) is 8.78 Å². The Morgan fingerprint density at radius 3 is 2.81 bits per heavy atom. The molecular weight excluding hydrogens is 280 g/mol.